The number of aryl methyl sites for hydroxylation is 1. The summed E-state index contributed by atoms with van der Waals surface area (Å²) in [5, 5.41) is 0. The Morgan fingerprint density at radius 2 is 2.04 bits per heavy atom. The number of unbranched alkanes of at least 4 members (excludes halogenated alkanes) is 1. The maximum atomic E-state index is 12.0. The molecule has 0 saturated carbocycles. The standard InChI is InChI=1S/C17H22N2O4S/c1-4-5-6-15(20)18-17-19(10-9-16(21)23-3)13-8-7-12(22-2)11-14(13)24-17/h7-8,11H,4-6,9-10H2,1-3H3. The third kappa shape index (κ3) is 4.44. The molecule has 7 heteroatoms. The van der Waals surface area contributed by atoms with Crippen LogP contribution in [0.5, 0.6) is 5.75 Å². The molecular weight excluding hydrogens is 328 g/mol. The molecule has 1 aromatic carbocycles. The highest BCUT2D eigenvalue weighted by atomic mass is 32.1. The van der Waals surface area contributed by atoms with E-state index in [-0.39, 0.29) is 18.3 Å². The number of carbonyl (C=O) groups is 2. The van der Waals surface area contributed by atoms with E-state index in [9.17, 15) is 9.59 Å². The van der Waals surface area contributed by atoms with Crippen LogP contribution in [0.15, 0.2) is 23.2 Å². The van der Waals surface area contributed by atoms with Gasteiger partial charge in [-0.25, -0.2) is 0 Å². The average Bonchev–Trinajstić information content (AvgIpc) is 2.93. The van der Waals surface area contributed by atoms with Crippen LogP contribution in [0, 0.1) is 0 Å². The van der Waals surface area contributed by atoms with Crippen molar-refractivity contribution >= 4 is 33.4 Å². The number of nitrogens with zero attached hydrogens (tertiary/aromatic N) is 2. The van der Waals surface area contributed by atoms with Crippen LogP contribution >= 0.6 is 11.3 Å². The van der Waals surface area contributed by atoms with E-state index in [0.717, 1.165) is 28.8 Å². The molecule has 0 aliphatic rings. The van der Waals surface area contributed by atoms with Crippen LogP contribution in [0.2, 0.25) is 0 Å². The van der Waals surface area contributed by atoms with E-state index < -0.39 is 0 Å². The highest BCUT2D eigenvalue weighted by Crippen LogP contribution is 2.23. The highest BCUT2D eigenvalue weighted by molar-refractivity contribution is 7.16. The number of benzene rings is 1. The van der Waals surface area contributed by atoms with Crippen LogP contribution in [0.4, 0.5) is 0 Å². The van der Waals surface area contributed by atoms with Crippen molar-refractivity contribution in [2.75, 3.05) is 14.2 Å². The second-order valence-corrected chi connectivity index (χ2v) is 6.31. The third-order valence-corrected chi connectivity index (χ3v) is 4.66. The van der Waals surface area contributed by atoms with Crippen molar-refractivity contribution in [2.24, 2.45) is 4.99 Å². The van der Waals surface area contributed by atoms with Gasteiger partial charge in [0.05, 0.1) is 30.9 Å². The quantitative estimate of drug-likeness (QED) is 0.720. The molecule has 0 radical (unpaired) electrons. The zero-order chi connectivity index (χ0) is 17.5. The molecule has 0 aliphatic heterocycles. The van der Waals surface area contributed by atoms with Gasteiger partial charge in [0.1, 0.15) is 5.75 Å². The summed E-state index contributed by atoms with van der Waals surface area (Å²) in [5.74, 6) is 0.313. The Balaban J connectivity index is 2.44. The molecule has 0 bridgehead atoms. The molecule has 1 heterocycles. The van der Waals surface area contributed by atoms with Crippen molar-refractivity contribution in [1.29, 1.82) is 0 Å². The maximum Gasteiger partial charge on any atom is 0.307 e. The van der Waals surface area contributed by atoms with Crippen LogP contribution in [-0.4, -0.2) is 30.7 Å². The lowest BCUT2D eigenvalue weighted by molar-refractivity contribution is -0.140. The number of rotatable bonds is 7. The molecule has 1 amide bonds. The highest BCUT2D eigenvalue weighted by Gasteiger charge is 2.11. The van der Waals surface area contributed by atoms with Crippen molar-refractivity contribution in [3.63, 3.8) is 0 Å². The predicted molar refractivity (Wildman–Crippen MR) is 93.1 cm³/mol. The molecule has 0 aliphatic carbocycles. The maximum absolute atomic E-state index is 12.0. The van der Waals surface area contributed by atoms with Crippen LogP contribution in [0.1, 0.15) is 32.6 Å². The van der Waals surface area contributed by atoms with Gasteiger partial charge in [0.25, 0.3) is 0 Å². The number of thiazole rings is 1. The van der Waals surface area contributed by atoms with Crippen LogP contribution < -0.4 is 9.54 Å². The normalized spacial score (nSPS) is 11.7. The molecule has 24 heavy (non-hydrogen) atoms. The van der Waals surface area contributed by atoms with Gasteiger partial charge in [0.15, 0.2) is 4.80 Å². The van der Waals surface area contributed by atoms with Crippen molar-refractivity contribution < 1.29 is 19.1 Å². The van der Waals surface area contributed by atoms with Crippen molar-refractivity contribution in [2.45, 2.75) is 39.2 Å². The van der Waals surface area contributed by atoms with Crippen LogP contribution in [-0.2, 0) is 20.9 Å². The molecule has 130 valence electrons. The molecule has 0 N–H and O–H groups in total. The first-order chi connectivity index (χ1) is 11.6. The van der Waals surface area contributed by atoms with E-state index in [2.05, 4.69) is 4.99 Å². The molecule has 0 saturated heterocycles. The topological polar surface area (TPSA) is 69.9 Å². The summed E-state index contributed by atoms with van der Waals surface area (Å²) in [6, 6.07) is 5.67. The monoisotopic (exact) mass is 350 g/mol. The Bertz CT molecular complexity index is 791. The third-order valence-electron chi connectivity index (χ3n) is 3.62. The van der Waals surface area contributed by atoms with E-state index >= 15 is 0 Å². The van der Waals surface area contributed by atoms with Gasteiger partial charge in [-0.05, 0) is 24.6 Å². The fourth-order valence-electron chi connectivity index (χ4n) is 2.28. The number of hydrogen-bond acceptors (Lipinski definition) is 5. The molecule has 2 aromatic rings. The lowest BCUT2D eigenvalue weighted by Crippen LogP contribution is -2.19. The first kappa shape index (κ1) is 18.2. The summed E-state index contributed by atoms with van der Waals surface area (Å²) >= 11 is 1.42. The number of hydrogen-bond donors (Lipinski definition) is 0. The lowest BCUT2D eigenvalue weighted by atomic mass is 10.2. The minimum atomic E-state index is -0.293. The zero-order valence-electron chi connectivity index (χ0n) is 14.2. The number of amides is 1. The Kier molecular flexibility index (Phi) is 6.54. The Hall–Kier alpha value is -2.15. The zero-order valence-corrected chi connectivity index (χ0v) is 15.0. The summed E-state index contributed by atoms with van der Waals surface area (Å²) in [5.41, 5.74) is 0.923. The van der Waals surface area contributed by atoms with E-state index in [1.54, 1.807) is 7.11 Å². The van der Waals surface area contributed by atoms with Gasteiger partial charge in [-0.15, -0.1) is 0 Å². The SMILES string of the molecule is CCCCC(=O)N=c1sc2cc(OC)ccc2n1CCC(=O)OC. The Morgan fingerprint density at radius 3 is 2.71 bits per heavy atom. The summed E-state index contributed by atoms with van der Waals surface area (Å²) in [7, 11) is 2.97. The summed E-state index contributed by atoms with van der Waals surface area (Å²) in [4.78, 5) is 28.3. The number of fused-ring (bicyclic) bond motifs is 1. The van der Waals surface area contributed by atoms with Gasteiger partial charge in [0.2, 0.25) is 5.91 Å². The van der Waals surface area contributed by atoms with Gasteiger partial charge in [-0.1, -0.05) is 24.7 Å². The predicted octanol–water partition coefficient (Wildman–Crippen LogP) is 2.89. The lowest BCUT2D eigenvalue weighted by Gasteiger charge is -2.05. The minimum absolute atomic E-state index is 0.137. The van der Waals surface area contributed by atoms with E-state index in [1.807, 2.05) is 29.7 Å². The van der Waals surface area contributed by atoms with Crippen molar-refractivity contribution in [3.8, 4) is 5.75 Å². The van der Waals surface area contributed by atoms with Gasteiger partial charge in [-0.2, -0.15) is 4.99 Å². The van der Waals surface area contributed by atoms with Crippen molar-refractivity contribution in [1.82, 2.24) is 4.57 Å². The summed E-state index contributed by atoms with van der Waals surface area (Å²) in [6.45, 7) is 2.45. The molecule has 0 spiro atoms. The molecule has 1 aromatic heterocycles. The van der Waals surface area contributed by atoms with Gasteiger partial charge >= 0.3 is 5.97 Å². The number of ether oxygens (including phenoxy) is 2. The van der Waals surface area contributed by atoms with E-state index in [0.29, 0.717) is 17.8 Å². The second kappa shape index (κ2) is 8.63. The molecule has 0 unspecified atom stereocenters. The number of aromatic nitrogens is 1. The summed E-state index contributed by atoms with van der Waals surface area (Å²) in [6.07, 6.45) is 2.44. The number of esters is 1. The fourth-order valence-corrected chi connectivity index (χ4v) is 3.38. The Morgan fingerprint density at radius 1 is 1.25 bits per heavy atom. The van der Waals surface area contributed by atoms with Crippen LogP contribution in [0.25, 0.3) is 10.2 Å². The van der Waals surface area contributed by atoms with Crippen LogP contribution in [0.3, 0.4) is 0 Å². The Labute approximate surface area is 144 Å². The molecular formula is C17H22N2O4S. The van der Waals surface area contributed by atoms with E-state index in [4.69, 9.17) is 9.47 Å². The minimum Gasteiger partial charge on any atom is -0.497 e. The second-order valence-electron chi connectivity index (χ2n) is 5.31. The largest absolute Gasteiger partial charge is 0.497 e. The van der Waals surface area contributed by atoms with Gasteiger partial charge in [0, 0.05) is 13.0 Å². The number of methoxy groups -OCH3 is 2. The molecule has 2 rings (SSSR count). The summed E-state index contributed by atoms with van der Waals surface area (Å²) < 4.78 is 12.8. The average molecular weight is 350 g/mol. The van der Waals surface area contributed by atoms with Crippen molar-refractivity contribution in [3.05, 3.63) is 23.0 Å². The first-order valence-corrected chi connectivity index (χ1v) is 8.72. The fraction of sp³-hybridized carbons (Fsp3) is 0.471. The molecule has 0 atom stereocenters. The molecule has 0 fully saturated rings. The van der Waals surface area contributed by atoms with E-state index in [1.165, 1.54) is 18.4 Å². The number of carbonyl (C=O) groups excluding carboxylic acids is 2. The van der Waals surface area contributed by atoms with Gasteiger partial charge < -0.3 is 14.0 Å². The smallest absolute Gasteiger partial charge is 0.307 e. The molecule has 6 nitrogen and oxygen atoms in total. The van der Waals surface area contributed by atoms with Gasteiger partial charge in [-0.3, -0.25) is 9.59 Å². The first-order valence-electron chi connectivity index (χ1n) is 7.90.